The van der Waals surface area contributed by atoms with Gasteiger partial charge in [0.25, 0.3) is 5.88 Å². The van der Waals surface area contributed by atoms with Gasteiger partial charge in [-0.25, -0.2) is 14.4 Å². The molecule has 1 unspecified atom stereocenters. The summed E-state index contributed by atoms with van der Waals surface area (Å²) in [6.07, 6.45) is -4.65. The minimum absolute atomic E-state index is 0.0833. The Kier molecular flexibility index (Phi) is 4.55. The zero-order valence-corrected chi connectivity index (χ0v) is 12.7. The second kappa shape index (κ2) is 6.07. The van der Waals surface area contributed by atoms with Gasteiger partial charge in [-0.05, 0) is 28.9 Å². The quantitative estimate of drug-likeness (QED) is 0.814. The normalized spacial score (nSPS) is 13.0. The molecule has 4 nitrogen and oxygen atoms in total. The summed E-state index contributed by atoms with van der Waals surface area (Å²) in [5.41, 5.74) is 3.83. The molecule has 0 saturated carbocycles. The number of ether oxygens (including phenoxy) is 1. The van der Waals surface area contributed by atoms with E-state index in [1.165, 1.54) is 19.2 Å². The Morgan fingerprint density at radius 2 is 2.00 bits per heavy atom. The van der Waals surface area contributed by atoms with Gasteiger partial charge in [-0.15, -0.1) is 0 Å². The van der Waals surface area contributed by atoms with Crippen molar-refractivity contribution in [1.82, 2.24) is 9.97 Å². The fraction of sp³-hybridized carbons (Fsp3) is 0.231. The number of nitrogen functional groups attached to an aromatic ring is 1. The van der Waals surface area contributed by atoms with E-state index in [1.807, 2.05) is 0 Å². The van der Waals surface area contributed by atoms with Crippen molar-refractivity contribution in [2.75, 3.05) is 5.73 Å². The molecule has 0 aliphatic heterocycles. The molecule has 9 heteroatoms. The second-order valence-corrected chi connectivity index (χ2v) is 5.16. The molecule has 2 rings (SSSR count). The average Bonchev–Trinajstić information content (AvgIpc) is 2.41. The van der Waals surface area contributed by atoms with E-state index < -0.39 is 23.7 Å². The van der Waals surface area contributed by atoms with Crippen LogP contribution < -0.4 is 10.5 Å². The number of nitrogens with two attached hydrogens (primary N) is 1. The number of aromatic nitrogens is 2. The molecule has 1 aromatic heterocycles. The lowest BCUT2D eigenvalue weighted by Crippen LogP contribution is -2.17. The van der Waals surface area contributed by atoms with Gasteiger partial charge < -0.3 is 10.5 Å². The molecule has 2 N–H and O–H groups in total. The number of halogens is 5. The number of nitrogens with zero attached hydrogens (tertiary/aromatic N) is 2. The number of anilines is 1. The molecule has 0 aliphatic rings. The van der Waals surface area contributed by atoms with Crippen LogP contribution >= 0.6 is 15.9 Å². The summed E-state index contributed by atoms with van der Waals surface area (Å²) >= 11 is 3.05. The van der Waals surface area contributed by atoms with Crippen molar-refractivity contribution >= 4 is 21.7 Å². The summed E-state index contributed by atoms with van der Waals surface area (Å²) in [5.74, 6) is -1.59. The maximum atomic E-state index is 13.6. The van der Waals surface area contributed by atoms with Crippen molar-refractivity contribution in [2.24, 2.45) is 0 Å². The lowest BCUT2D eigenvalue weighted by molar-refractivity contribution is -0.141. The molecule has 0 bridgehead atoms. The van der Waals surface area contributed by atoms with Crippen LogP contribution in [-0.2, 0) is 6.18 Å². The highest BCUT2D eigenvalue weighted by atomic mass is 79.9. The van der Waals surface area contributed by atoms with Crippen LogP contribution in [0.5, 0.6) is 5.88 Å². The third-order valence-corrected chi connectivity index (χ3v) is 3.18. The van der Waals surface area contributed by atoms with E-state index in [0.717, 1.165) is 12.1 Å². The van der Waals surface area contributed by atoms with Gasteiger partial charge in [0.05, 0.1) is 11.8 Å². The van der Waals surface area contributed by atoms with E-state index in [2.05, 4.69) is 25.9 Å². The molecule has 1 atom stereocenters. The fourth-order valence-electron chi connectivity index (χ4n) is 1.86. The Labute approximate surface area is 131 Å². The summed E-state index contributed by atoms with van der Waals surface area (Å²) in [6.45, 7) is 1.34. The Hall–Kier alpha value is -1.90. The van der Waals surface area contributed by atoms with Crippen LogP contribution in [0, 0.1) is 5.82 Å². The molecular formula is C13H10BrF4N3O. The summed E-state index contributed by atoms with van der Waals surface area (Å²) in [5, 5.41) is 0. The average molecular weight is 380 g/mol. The van der Waals surface area contributed by atoms with E-state index >= 15 is 0 Å². The van der Waals surface area contributed by atoms with Crippen LogP contribution in [-0.4, -0.2) is 9.97 Å². The molecule has 0 radical (unpaired) electrons. The van der Waals surface area contributed by atoms with Crippen molar-refractivity contribution in [3.05, 3.63) is 45.9 Å². The van der Waals surface area contributed by atoms with Crippen molar-refractivity contribution in [1.29, 1.82) is 0 Å². The van der Waals surface area contributed by atoms with Crippen molar-refractivity contribution in [3.8, 4) is 5.88 Å². The van der Waals surface area contributed by atoms with Crippen LogP contribution in [0.15, 0.2) is 29.0 Å². The minimum atomic E-state index is -4.84. The molecule has 2 aromatic rings. The number of rotatable bonds is 3. The summed E-state index contributed by atoms with van der Waals surface area (Å²) in [4.78, 5) is 7.65. The predicted molar refractivity (Wildman–Crippen MR) is 74.6 cm³/mol. The molecule has 0 spiro atoms. The van der Waals surface area contributed by atoms with Gasteiger partial charge in [-0.1, -0.05) is 12.1 Å². The van der Waals surface area contributed by atoms with Gasteiger partial charge in [0.2, 0.25) is 0 Å². The molecule has 22 heavy (non-hydrogen) atoms. The van der Waals surface area contributed by atoms with E-state index in [1.54, 1.807) is 0 Å². The zero-order valence-electron chi connectivity index (χ0n) is 11.2. The van der Waals surface area contributed by atoms with Crippen LogP contribution in [0.4, 0.5) is 23.4 Å². The van der Waals surface area contributed by atoms with E-state index in [9.17, 15) is 17.6 Å². The predicted octanol–water partition coefficient (Wildman–Crippen LogP) is 4.12. The molecule has 0 saturated heterocycles. The molecule has 0 amide bonds. The van der Waals surface area contributed by atoms with Crippen LogP contribution in [0.25, 0.3) is 0 Å². The third kappa shape index (κ3) is 3.46. The first-order valence-electron chi connectivity index (χ1n) is 6.00. The maximum absolute atomic E-state index is 13.6. The first kappa shape index (κ1) is 16.5. The van der Waals surface area contributed by atoms with E-state index in [4.69, 9.17) is 10.5 Å². The number of hydrogen-bond acceptors (Lipinski definition) is 4. The lowest BCUT2D eigenvalue weighted by atomic mass is 10.0. The standard InChI is InChI=1S/C13H10BrF4N3O/c1-6(22-12-11(19)20-5-9(14)21-12)7-3-2-4-8(15)10(7)13(16,17)18/h2-6H,1H3,(H2,19,20). The Morgan fingerprint density at radius 1 is 1.32 bits per heavy atom. The second-order valence-electron chi connectivity index (χ2n) is 4.35. The first-order chi connectivity index (χ1) is 10.2. The smallest absolute Gasteiger partial charge is 0.419 e. The topological polar surface area (TPSA) is 61.0 Å². The van der Waals surface area contributed by atoms with Crippen LogP contribution in [0.2, 0.25) is 0 Å². The Balaban J connectivity index is 2.40. The van der Waals surface area contributed by atoms with Gasteiger partial charge in [-0.2, -0.15) is 13.2 Å². The highest BCUT2D eigenvalue weighted by molar-refractivity contribution is 9.10. The van der Waals surface area contributed by atoms with Crippen molar-refractivity contribution < 1.29 is 22.3 Å². The van der Waals surface area contributed by atoms with Gasteiger partial charge in [0.15, 0.2) is 5.82 Å². The highest BCUT2D eigenvalue weighted by Gasteiger charge is 2.38. The van der Waals surface area contributed by atoms with Crippen LogP contribution in [0.1, 0.15) is 24.2 Å². The van der Waals surface area contributed by atoms with Crippen LogP contribution in [0.3, 0.4) is 0 Å². The number of hydrogen-bond donors (Lipinski definition) is 1. The number of alkyl halides is 3. The maximum Gasteiger partial charge on any atom is 0.419 e. The SMILES string of the molecule is CC(Oc1nc(Br)cnc1N)c1cccc(F)c1C(F)(F)F. The summed E-state index contributed by atoms with van der Waals surface area (Å²) < 4.78 is 58.2. The van der Waals surface area contributed by atoms with Crippen molar-refractivity contribution in [2.45, 2.75) is 19.2 Å². The van der Waals surface area contributed by atoms with Gasteiger partial charge >= 0.3 is 6.18 Å². The molecule has 0 fully saturated rings. The third-order valence-electron chi connectivity index (χ3n) is 2.79. The Bertz CT molecular complexity index is 693. The molecule has 1 heterocycles. The largest absolute Gasteiger partial charge is 0.467 e. The number of benzene rings is 1. The van der Waals surface area contributed by atoms with Gasteiger partial charge in [0.1, 0.15) is 16.5 Å². The molecule has 118 valence electrons. The zero-order chi connectivity index (χ0) is 16.5. The summed E-state index contributed by atoms with van der Waals surface area (Å²) in [7, 11) is 0. The summed E-state index contributed by atoms with van der Waals surface area (Å²) in [6, 6.07) is 3.06. The molecule has 1 aromatic carbocycles. The first-order valence-corrected chi connectivity index (χ1v) is 6.79. The lowest BCUT2D eigenvalue weighted by Gasteiger charge is -2.20. The highest BCUT2D eigenvalue weighted by Crippen LogP contribution is 2.38. The molecular weight excluding hydrogens is 370 g/mol. The fourth-order valence-corrected chi connectivity index (χ4v) is 2.12. The van der Waals surface area contributed by atoms with Gasteiger partial charge in [0, 0.05) is 5.56 Å². The van der Waals surface area contributed by atoms with Gasteiger partial charge in [-0.3, -0.25) is 0 Å². The van der Waals surface area contributed by atoms with E-state index in [0.29, 0.717) is 4.60 Å². The Morgan fingerprint density at radius 3 is 2.64 bits per heavy atom. The van der Waals surface area contributed by atoms with Crippen molar-refractivity contribution in [3.63, 3.8) is 0 Å². The minimum Gasteiger partial charge on any atom is -0.467 e. The molecule has 0 aliphatic carbocycles. The van der Waals surface area contributed by atoms with E-state index in [-0.39, 0.29) is 17.3 Å². The monoisotopic (exact) mass is 379 g/mol.